The van der Waals surface area contributed by atoms with Gasteiger partial charge in [0.15, 0.2) is 0 Å². The van der Waals surface area contributed by atoms with Gasteiger partial charge in [0.1, 0.15) is 0 Å². The number of nitrogens with one attached hydrogen (secondary N) is 2. The Balaban J connectivity index is 0.00000208. The number of piperidine rings is 1. The first-order valence-electron chi connectivity index (χ1n) is 8.59. The summed E-state index contributed by atoms with van der Waals surface area (Å²) in [5.41, 5.74) is 0.693. The lowest BCUT2D eigenvalue weighted by molar-refractivity contribution is -0.132. The van der Waals surface area contributed by atoms with Gasteiger partial charge in [0.25, 0.3) is 5.91 Å². The van der Waals surface area contributed by atoms with Crippen LogP contribution in [-0.2, 0) is 4.79 Å². The van der Waals surface area contributed by atoms with Crippen LogP contribution in [0.3, 0.4) is 0 Å². The lowest BCUT2D eigenvalue weighted by Crippen LogP contribution is -2.47. The molecule has 0 spiro atoms. The van der Waals surface area contributed by atoms with E-state index in [1.807, 2.05) is 35.2 Å². The van der Waals surface area contributed by atoms with Gasteiger partial charge in [-0.25, -0.2) is 0 Å². The van der Waals surface area contributed by atoms with E-state index in [2.05, 4.69) is 10.6 Å². The van der Waals surface area contributed by atoms with E-state index in [0.29, 0.717) is 18.0 Å². The Morgan fingerprint density at radius 1 is 1.12 bits per heavy atom. The van der Waals surface area contributed by atoms with Crippen LogP contribution in [0.4, 0.5) is 0 Å². The first-order chi connectivity index (χ1) is 11.2. The second-order valence-electron chi connectivity index (χ2n) is 6.49. The average molecular weight is 352 g/mol. The number of benzene rings is 1. The molecule has 0 aliphatic carbocycles. The van der Waals surface area contributed by atoms with Crippen LogP contribution in [-0.4, -0.2) is 48.4 Å². The Kier molecular flexibility index (Phi) is 7.06. The van der Waals surface area contributed by atoms with Crippen molar-refractivity contribution in [2.75, 3.05) is 19.6 Å². The van der Waals surface area contributed by atoms with Crippen molar-refractivity contribution in [3.8, 4) is 0 Å². The quantitative estimate of drug-likeness (QED) is 0.871. The van der Waals surface area contributed by atoms with Gasteiger partial charge in [0.2, 0.25) is 5.91 Å². The molecule has 1 aromatic carbocycles. The number of carbonyl (C=O) groups excluding carboxylic acids is 2. The number of carbonyl (C=O) groups is 2. The van der Waals surface area contributed by atoms with E-state index in [0.717, 1.165) is 38.9 Å². The zero-order valence-electron chi connectivity index (χ0n) is 13.9. The monoisotopic (exact) mass is 351 g/mol. The number of nitrogens with zero attached hydrogens (tertiary/aromatic N) is 1. The summed E-state index contributed by atoms with van der Waals surface area (Å²) in [4.78, 5) is 26.4. The predicted octanol–water partition coefficient (Wildman–Crippen LogP) is 1.97. The van der Waals surface area contributed by atoms with E-state index in [-0.39, 0.29) is 30.3 Å². The summed E-state index contributed by atoms with van der Waals surface area (Å²) in [6.45, 7) is 2.52. The number of amides is 2. The molecule has 1 unspecified atom stereocenters. The Hall–Kier alpha value is -1.59. The molecular formula is C18H26ClN3O2. The minimum Gasteiger partial charge on any atom is -0.349 e. The molecule has 2 amide bonds. The van der Waals surface area contributed by atoms with Crippen molar-refractivity contribution >= 4 is 24.2 Å². The summed E-state index contributed by atoms with van der Waals surface area (Å²) in [6.07, 6.45) is 4.56. The minimum atomic E-state index is -0.0227. The third kappa shape index (κ3) is 4.95. The fourth-order valence-corrected chi connectivity index (χ4v) is 3.40. The van der Waals surface area contributed by atoms with Crippen LogP contribution < -0.4 is 10.6 Å². The van der Waals surface area contributed by atoms with Crippen molar-refractivity contribution < 1.29 is 9.59 Å². The number of rotatable bonds is 4. The maximum absolute atomic E-state index is 12.3. The van der Waals surface area contributed by atoms with E-state index in [4.69, 9.17) is 0 Å². The van der Waals surface area contributed by atoms with Crippen LogP contribution in [0.15, 0.2) is 30.3 Å². The Morgan fingerprint density at radius 2 is 1.83 bits per heavy atom. The van der Waals surface area contributed by atoms with Crippen molar-refractivity contribution in [1.29, 1.82) is 0 Å². The zero-order valence-corrected chi connectivity index (χ0v) is 14.7. The van der Waals surface area contributed by atoms with Crippen LogP contribution in [0.5, 0.6) is 0 Å². The molecule has 2 N–H and O–H groups in total. The molecule has 0 saturated carbocycles. The third-order valence-electron chi connectivity index (χ3n) is 4.80. The Labute approximate surface area is 149 Å². The molecule has 0 bridgehead atoms. The summed E-state index contributed by atoms with van der Waals surface area (Å²) >= 11 is 0. The van der Waals surface area contributed by atoms with Crippen molar-refractivity contribution in [1.82, 2.24) is 15.5 Å². The van der Waals surface area contributed by atoms with Crippen molar-refractivity contribution in [3.05, 3.63) is 35.9 Å². The summed E-state index contributed by atoms with van der Waals surface area (Å²) in [7, 11) is 0. The topological polar surface area (TPSA) is 61.4 Å². The second kappa shape index (κ2) is 9.04. The molecule has 1 atom stereocenters. The maximum Gasteiger partial charge on any atom is 0.251 e. The standard InChI is InChI=1S/C18H25N3O2.ClH/c22-17(13-16-7-4-10-19-16)21-11-8-15(9-12-21)20-18(23)14-5-2-1-3-6-14;/h1-3,5-6,15-16,19H,4,7-13H2,(H,20,23);1H. The molecule has 2 aliphatic rings. The molecule has 132 valence electrons. The van der Waals surface area contributed by atoms with Gasteiger partial charge in [0, 0.05) is 37.2 Å². The van der Waals surface area contributed by atoms with Crippen LogP contribution >= 0.6 is 12.4 Å². The average Bonchev–Trinajstić information content (AvgIpc) is 3.09. The highest BCUT2D eigenvalue weighted by atomic mass is 35.5. The predicted molar refractivity (Wildman–Crippen MR) is 96.4 cm³/mol. The van der Waals surface area contributed by atoms with Gasteiger partial charge in [-0.05, 0) is 44.4 Å². The Bertz CT molecular complexity index is 538. The van der Waals surface area contributed by atoms with Gasteiger partial charge >= 0.3 is 0 Å². The van der Waals surface area contributed by atoms with Crippen LogP contribution in [0.2, 0.25) is 0 Å². The number of hydrogen-bond donors (Lipinski definition) is 2. The van der Waals surface area contributed by atoms with Gasteiger partial charge < -0.3 is 15.5 Å². The molecule has 0 aromatic heterocycles. The van der Waals surface area contributed by atoms with Gasteiger partial charge in [0.05, 0.1) is 0 Å². The molecule has 2 aliphatic heterocycles. The number of halogens is 1. The molecular weight excluding hydrogens is 326 g/mol. The first kappa shape index (κ1) is 18.7. The van der Waals surface area contributed by atoms with E-state index >= 15 is 0 Å². The van der Waals surface area contributed by atoms with E-state index in [1.54, 1.807) is 0 Å². The minimum absolute atomic E-state index is 0. The maximum atomic E-state index is 12.3. The summed E-state index contributed by atoms with van der Waals surface area (Å²) in [6, 6.07) is 9.81. The molecule has 0 radical (unpaired) electrons. The zero-order chi connectivity index (χ0) is 16.1. The van der Waals surface area contributed by atoms with Crippen LogP contribution in [0.1, 0.15) is 42.5 Å². The SMILES string of the molecule is Cl.O=C(NC1CCN(C(=O)CC2CCCN2)CC1)c1ccccc1. The third-order valence-corrected chi connectivity index (χ3v) is 4.80. The van der Waals surface area contributed by atoms with Gasteiger partial charge in [-0.3, -0.25) is 9.59 Å². The van der Waals surface area contributed by atoms with Gasteiger partial charge in [-0.15, -0.1) is 12.4 Å². The molecule has 2 saturated heterocycles. The molecule has 2 heterocycles. The first-order valence-corrected chi connectivity index (χ1v) is 8.59. The fraction of sp³-hybridized carbons (Fsp3) is 0.556. The summed E-state index contributed by atoms with van der Waals surface area (Å²) < 4.78 is 0. The molecule has 1 aromatic rings. The summed E-state index contributed by atoms with van der Waals surface area (Å²) in [5, 5.41) is 6.45. The number of hydrogen-bond acceptors (Lipinski definition) is 3. The lowest BCUT2D eigenvalue weighted by Gasteiger charge is -2.33. The highest BCUT2D eigenvalue weighted by molar-refractivity contribution is 5.94. The fourth-order valence-electron chi connectivity index (χ4n) is 3.40. The second-order valence-corrected chi connectivity index (χ2v) is 6.49. The smallest absolute Gasteiger partial charge is 0.251 e. The van der Waals surface area contributed by atoms with Crippen molar-refractivity contribution in [2.24, 2.45) is 0 Å². The largest absolute Gasteiger partial charge is 0.349 e. The normalized spacial score (nSPS) is 21.2. The van der Waals surface area contributed by atoms with Crippen molar-refractivity contribution in [2.45, 2.75) is 44.2 Å². The molecule has 24 heavy (non-hydrogen) atoms. The molecule has 5 nitrogen and oxygen atoms in total. The van der Waals surface area contributed by atoms with E-state index in [9.17, 15) is 9.59 Å². The molecule has 6 heteroatoms. The van der Waals surface area contributed by atoms with Gasteiger partial charge in [-0.1, -0.05) is 18.2 Å². The lowest BCUT2D eigenvalue weighted by atomic mass is 10.0. The molecule has 2 fully saturated rings. The highest BCUT2D eigenvalue weighted by Gasteiger charge is 2.26. The summed E-state index contributed by atoms with van der Waals surface area (Å²) in [5.74, 6) is 0.225. The van der Waals surface area contributed by atoms with E-state index < -0.39 is 0 Å². The highest BCUT2D eigenvalue weighted by Crippen LogP contribution is 2.15. The Morgan fingerprint density at radius 3 is 2.46 bits per heavy atom. The van der Waals surface area contributed by atoms with Crippen LogP contribution in [0, 0.1) is 0 Å². The van der Waals surface area contributed by atoms with E-state index in [1.165, 1.54) is 6.42 Å². The van der Waals surface area contributed by atoms with Crippen molar-refractivity contribution in [3.63, 3.8) is 0 Å². The number of likely N-dealkylation sites (tertiary alicyclic amines) is 1. The molecule has 3 rings (SSSR count). The van der Waals surface area contributed by atoms with Gasteiger partial charge in [-0.2, -0.15) is 0 Å². The van der Waals surface area contributed by atoms with Crippen LogP contribution in [0.25, 0.3) is 0 Å².